The number of Topliss-reactive ketones (excluding diaryl/α,β-unsaturated/α-hetero) is 1. The van der Waals surface area contributed by atoms with Crippen LogP contribution in [0.5, 0.6) is 11.5 Å². The summed E-state index contributed by atoms with van der Waals surface area (Å²) >= 11 is 0. The number of carboxylic acid groups (broad SMARTS) is 1. The number of nitrogens with zero attached hydrogens (tertiary/aromatic N) is 1. The molecule has 1 amide bonds. The first kappa shape index (κ1) is 17.4. The number of aromatic hydroxyl groups is 1. The van der Waals surface area contributed by atoms with E-state index in [4.69, 9.17) is 9.76 Å². The first-order chi connectivity index (χ1) is 11.3. The number of hydrogen-bond donors (Lipinski definition) is 3. The number of fused-ring (bicyclic) bond motifs is 1. The zero-order valence-electron chi connectivity index (χ0n) is 12.8. The number of benzene rings is 1. The predicted octanol–water partition coefficient (Wildman–Crippen LogP) is 0.673. The van der Waals surface area contributed by atoms with Gasteiger partial charge in [-0.2, -0.15) is 4.91 Å². The lowest BCUT2D eigenvalue weighted by molar-refractivity contribution is -0.124. The minimum Gasteiger partial charge on any atom is -0.536 e. The maximum absolute atomic E-state index is 11.8. The number of ketones is 1. The lowest BCUT2D eigenvalue weighted by atomic mass is 9.68. The van der Waals surface area contributed by atoms with Crippen LogP contribution in [0.2, 0.25) is 0 Å². The van der Waals surface area contributed by atoms with Crippen molar-refractivity contribution in [1.29, 1.82) is 0 Å². The van der Waals surface area contributed by atoms with Crippen LogP contribution in [-0.4, -0.2) is 40.9 Å². The van der Waals surface area contributed by atoms with E-state index in [0.29, 0.717) is 5.56 Å². The molecular formula is C14H15BN2O7. The van der Waals surface area contributed by atoms with E-state index in [0.717, 1.165) is 0 Å². The summed E-state index contributed by atoms with van der Waals surface area (Å²) in [5.74, 6) is -3.40. The summed E-state index contributed by atoms with van der Waals surface area (Å²) in [7, 11) is -1.33. The van der Waals surface area contributed by atoms with Gasteiger partial charge in [0.2, 0.25) is 5.91 Å². The molecule has 1 aliphatic heterocycles. The second-order valence-corrected chi connectivity index (χ2v) is 5.45. The smallest absolute Gasteiger partial charge is 0.536 e. The van der Waals surface area contributed by atoms with Gasteiger partial charge < -0.3 is 25.0 Å². The van der Waals surface area contributed by atoms with Gasteiger partial charge in [-0.25, -0.2) is 4.79 Å². The first-order valence-electron chi connectivity index (χ1n) is 7.19. The fourth-order valence-electron chi connectivity index (χ4n) is 2.44. The highest BCUT2D eigenvalue weighted by molar-refractivity contribution is 6.53. The molecule has 1 aromatic rings. The van der Waals surface area contributed by atoms with E-state index >= 15 is 0 Å². The first-order valence-corrected chi connectivity index (χ1v) is 7.19. The van der Waals surface area contributed by atoms with Crippen molar-refractivity contribution in [2.75, 3.05) is 0 Å². The summed E-state index contributed by atoms with van der Waals surface area (Å²) in [6.07, 6.45) is 0.157. The number of nitrogens with one attached hydrogen (secondary N) is 1. The van der Waals surface area contributed by atoms with Gasteiger partial charge in [-0.15, -0.1) is 0 Å². The highest BCUT2D eigenvalue weighted by Crippen LogP contribution is 2.36. The largest absolute Gasteiger partial charge is 0.570 e. The van der Waals surface area contributed by atoms with E-state index in [9.17, 15) is 24.4 Å². The van der Waals surface area contributed by atoms with Crippen molar-refractivity contribution in [2.24, 2.45) is 5.09 Å². The van der Waals surface area contributed by atoms with Crippen LogP contribution in [-0.2, 0) is 16.0 Å². The third kappa shape index (κ3) is 3.70. The number of nitroso groups, excluding NO2 is 1. The summed E-state index contributed by atoms with van der Waals surface area (Å²) in [6, 6.07) is 2.65. The third-order valence-electron chi connectivity index (χ3n) is 3.61. The molecule has 3 N–H and O–H groups in total. The fourth-order valence-corrected chi connectivity index (χ4v) is 2.44. The summed E-state index contributed by atoms with van der Waals surface area (Å²) in [5.41, 5.74) is -0.0375. The standard InChI is InChI=1S/C14H15BN2O7/c1-7(18)2-5-11(20)16-10-6-8-3-4-9(19)12(14(21)22)13(8)24-15(10)17-23/h3-4,10,19H,2,5-6H2,1H3,(H,16,20)(H,21,22)/t10-/m0/s1. The summed E-state index contributed by atoms with van der Waals surface area (Å²) in [5, 5.41) is 24.2. The van der Waals surface area contributed by atoms with Crippen LogP contribution in [0.15, 0.2) is 17.2 Å². The van der Waals surface area contributed by atoms with E-state index in [-0.39, 0.29) is 30.8 Å². The minimum atomic E-state index is -1.40. The second kappa shape index (κ2) is 7.11. The normalized spacial score (nSPS) is 15.9. The molecule has 2 rings (SSSR count). The number of rotatable bonds is 6. The van der Waals surface area contributed by atoms with Gasteiger partial charge >= 0.3 is 13.0 Å². The number of hydrogen-bond acceptors (Lipinski definition) is 7. The van der Waals surface area contributed by atoms with Crippen LogP contribution in [0.3, 0.4) is 0 Å². The molecule has 9 nitrogen and oxygen atoms in total. The van der Waals surface area contributed by atoms with Gasteiger partial charge in [0, 0.05) is 12.8 Å². The van der Waals surface area contributed by atoms with Gasteiger partial charge in [0.15, 0.2) is 0 Å². The molecule has 10 heteroatoms. The Kier molecular flexibility index (Phi) is 5.17. The van der Waals surface area contributed by atoms with Gasteiger partial charge in [0.05, 0.1) is 5.94 Å². The molecule has 1 atom stereocenters. The number of carbonyl (C=O) groups is 3. The number of aromatic carboxylic acids is 1. The van der Waals surface area contributed by atoms with Crippen LogP contribution in [0.25, 0.3) is 0 Å². The molecule has 0 spiro atoms. The summed E-state index contributed by atoms with van der Waals surface area (Å²) < 4.78 is 5.29. The quantitative estimate of drug-likeness (QED) is 0.512. The van der Waals surface area contributed by atoms with Crippen molar-refractivity contribution >= 4 is 24.7 Å². The zero-order valence-corrected chi connectivity index (χ0v) is 12.8. The van der Waals surface area contributed by atoms with E-state index in [1.54, 1.807) is 0 Å². The van der Waals surface area contributed by atoms with Crippen LogP contribution in [0.1, 0.15) is 35.7 Å². The van der Waals surface area contributed by atoms with Crippen molar-refractivity contribution in [3.63, 3.8) is 0 Å². The SMILES string of the molecule is CC(=O)CCC(=O)N[C@H]1Cc2ccc(O)c(C(=O)O)c2OB1N=O. The topological polar surface area (TPSA) is 142 Å². The highest BCUT2D eigenvalue weighted by atomic mass is 16.5. The van der Waals surface area contributed by atoms with Gasteiger partial charge in [-0.05, 0) is 25.0 Å². The van der Waals surface area contributed by atoms with Crippen LogP contribution >= 0.6 is 0 Å². The Morgan fingerprint density at radius 3 is 2.67 bits per heavy atom. The zero-order chi connectivity index (χ0) is 17.9. The van der Waals surface area contributed by atoms with Gasteiger partial charge in [-0.3, -0.25) is 4.79 Å². The number of amides is 1. The Morgan fingerprint density at radius 2 is 2.08 bits per heavy atom. The van der Waals surface area contributed by atoms with E-state index in [1.807, 2.05) is 0 Å². The summed E-state index contributed by atoms with van der Waals surface area (Å²) in [6.45, 7) is 1.36. The van der Waals surface area contributed by atoms with E-state index in [1.165, 1.54) is 19.1 Å². The van der Waals surface area contributed by atoms with E-state index in [2.05, 4.69) is 10.4 Å². The molecule has 126 valence electrons. The highest BCUT2D eigenvalue weighted by Gasteiger charge is 2.41. The number of carbonyl (C=O) groups excluding carboxylic acids is 2. The Bertz CT molecular complexity index is 707. The van der Waals surface area contributed by atoms with Crippen molar-refractivity contribution < 1.29 is 29.3 Å². The Hall–Kier alpha value is -2.91. The molecule has 0 fully saturated rings. The van der Waals surface area contributed by atoms with Gasteiger partial charge in [0.25, 0.3) is 0 Å². The molecule has 0 aromatic heterocycles. The molecule has 0 aliphatic carbocycles. The molecule has 1 heterocycles. The molecular weight excluding hydrogens is 319 g/mol. The number of carboxylic acids is 1. The lowest BCUT2D eigenvalue weighted by Gasteiger charge is -2.28. The van der Waals surface area contributed by atoms with Gasteiger partial charge in [0.1, 0.15) is 22.8 Å². The van der Waals surface area contributed by atoms with Crippen LogP contribution in [0.4, 0.5) is 0 Å². The molecule has 1 aromatic carbocycles. The van der Waals surface area contributed by atoms with Crippen molar-refractivity contribution in [3.05, 3.63) is 28.2 Å². The van der Waals surface area contributed by atoms with Crippen molar-refractivity contribution in [1.82, 2.24) is 5.32 Å². The molecule has 0 bridgehead atoms. The molecule has 0 saturated carbocycles. The Labute approximate surface area is 137 Å². The molecule has 1 aliphatic rings. The van der Waals surface area contributed by atoms with Gasteiger partial charge in [-0.1, -0.05) is 11.2 Å². The lowest BCUT2D eigenvalue weighted by Crippen LogP contribution is -2.52. The van der Waals surface area contributed by atoms with Crippen LogP contribution < -0.4 is 9.97 Å². The fraction of sp³-hybridized carbons (Fsp3) is 0.357. The molecule has 0 radical (unpaired) electrons. The average Bonchev–Trinajstić information content (AvgIpc) is 2.52. The maximum atomic E-state index is 11.8. The number of phenols is 1. The van der Waals surface area contributed by atoms with Crippen molar-refractivity contribution in [3.8, 4) is 11.5 Å². The predicted molar refractivity (Wildman–Crippen MR) is 82.8 cm³/mol. The van der Waals surface area contributed by atoms with Crippen LogP contribution in [0, 0.1) is 4.91 Å². The minimum absolute atomic E-state index is 0.0276. The monoisotopic (exact) mass is 334 g/mol. The molecule has 0 unspecified atom stereocenters. The Balaban J connectivity index is 2.22. The maximum Gasteiger partial charge on any atom is 0.570 e. The van der Waals surface area contributed by atoms with E-state index < -0.39 is 36.2 Å². The second-order valence-electron chi connectivity index (χ2n) is 5.45. The molecule has 0 saturated heterocycles. The molecule has 24 heavy (non-hydrogen) atoms. The van der Waals surface area contributed by atoms with Crippen molar-refractivity contribution in [2.45, 2.75) is 32.1 Å². The Morgan fingerprint density at radius 1 is 1.38 bits per heavy atom. The summed E-state index contributed by atoms with van der Waals surface area (Å²) in [4.78, 5) is 45.0. The third-order valence-corrected chi connectivity index (χ3v) is 3.61. The average molecular weight is 334 g/mol.